The van der Waals surface area contributed by atoms with Gasteiger partial charge in [-0.2, -0.15) is 5.10 Å². The van der Waals surface area contributed by atoms with Gasteiger partial charge in [0, 0.05) is 13.1 Å². The molecule has 0 saturated carbocycles. The first-order valence-electron chi connectivity index (χ1n) is 5.67. The van der Waals surface area contributed by atoms with Crippen LogP contribution in [0.3, 0.4) is 0 Å². The number of rotatable bonds is 7. The lowest BCUT2D eigenvalue weighted by Gasteiger charge is -2.07. The Morgan fingerprint density at radius 3 is 2.76 bits per heavy atom. The average molecular weight is 242 g/mol. The van der Waals surface area contributed by atoms with E-state index >= 15 is 0 Å². The first-order chi connectivity index (χ1) is 8.11. The minimum Gasteiger partial charge on any atom is -0.472 e. The summed E-state index contributed by atoms with van der Waals surface area (Å²) in [6, 6.07) is 0. The predicted molar refractivity (Wildman–Crippen MR) is 63.3 cm³/mol. The molecule has 1 rings (SSSR count). The molecule has 7 nitrogen and oxygen atoms in total. The summed E-state index contributed by atoms with van der Waals surface area (Å²) >= 11 is 0. The van der Waals surface area contributed by atoms with Crippen LogP contribution in [-0.4, -0.2) is 34.4 Å². The van der Waals surface area contributed by atoms with Crippen molar-refractivity contribution in [2.75, 3.05) is 19.7 Å². The fourth-order valence-electron chi connectivity index (χ4n) is 1.51. The van der Waals surface area contributed by atoms with Crippen molar-refractivity contribution in [1.82, 2.24) is 15.1 Å². The van der Waals surface area contributed by atoms with E-state index in [-0.39, 0.29) is 11.6 Å². The van der Waals surface area contributed by atoms with E-state index in [0.29, 0.717) is 25.4 Å². The normalized spacial score (nSPS) is 10.5. The minimum atomic E-state index is -0.447. The van der Waals surface area contributed by atoms with Crippen molar-refractivity contribution >= 4 is 5.69 Å². The maximum absolute atomic E-state index is 10.9. The van der Waals surface area contributed by atoms with Crippen LogP contribution in [0, 0.1) is 17.0 Å². The molecule has 17 heavy (non-hydrogen) atoms. The van der Waals surface area contributed by atoms with Crippen LogP contribution in [0.5, 0.6) is 5.88 Å². The topological polar surface area (TPSA) is 82.2 Å². The van der Waals surface area contributed by atoms with Crippen LogP contribution in [0.25, 0.3) is 0 Å². The third-order valence-corrected chi connectivity index (χ3v) is 2.30. The molecule has 0 aliphatic carbocycles. The highest BCUT2D eigenvalue weighted by Crippen LogP contribution is 2.30. The van der Waals surface area contributed by atoms with Crippen molar-refractivity contribution in [1.29, 1.82) is 0 Å². The molecule has 96 valence electrons. The lowest BCUT2D eigenvalue weighted by atomic mass is 10.4. The number of hydrogen-bond acceptors (Lipinski definition) is 5. The van der Waals surface area contributed by atoms with Crippen LogP contribution in [0.2, 0.25) is 0 Å². The Bertz CT molecular complexity index is 389. The molecule has 1 aromatic rings. The highest BCUT2D eigenvalue weighted by molar-refractivity contribution is 5.45. The average Bonchev–Trinajstić information content (AvgIpc) is 2.61. The molecule has 1 heterocycles. The van der Waals surface area contributed by atoms with Gasteiger partial charge in [0.05, 0.1) is 4.92 Å². The molecule has 0 atom stereocenters. The fourth-order valence-corrected chi connectivity index (χ4v) is 1.51. The van der Waals surface area contributed by atoms with Gasteiger partial charge in [-0.1, -0.05) is 6.92 Å². The van der Waals surface area contributed by atoms with Crippen LogP contribution >= 0.6 is 0 Å². The second kappa shape index (κ2) is 6.19. The smallest absolute Gasteiger partial charge is 0.353 e. The minimum absolute atomic E-state index is 0.0386. The van der Waals surface area contributed by atoms with E-state index in [1.807, 2.05) is 13.8 Å². The number of ether oxygens (including phenoxy) is 1. The highest BCUT2D eigenvalue weighted by Gasteiger charge is 2.26. The van der Waals surface area contributed by atoms with Gasteiger partial charge in [-0.15, -0.1) is 0 Å². The summed E-state index contributed by atoms with van der Waals surface area (Å²) in [5.74, 6) is 0.243. The first-order valence-corrected chi connectivity index (χ1v) is 5.67. The fraction of sp³-hybridized carbons (Fsp3) is 0.700. The number of hydrogen-bond donors (Lipinski definition) is 1. The van der Waals surface area contributed by atoms with E-state index in [1.54, 1.807) is 6.92 Å². The Balaban J connectivity index is 2.83. The summed E-state index contributed by atoms with van der Waals surface area (Å²) in [5.41, 5.74) is 0.346. The number of likely N-dealkylation sites (N-methyl/N-ethyl adjacent to an activating group) is 1. The van der Waals surface area contributed by atoms with Gasteiger partial charge >= 0.3 is 5.69 Å². The molecule has 7 heteroatoms. The van der Waals surface area contributed by atoms with E-state index in [1.165, 1.54) is 4.68 Å². The largest absolute Gasteiger partial charge is 0.472 e. The molecule has 0 spiro atoms. The molecule has 1 N–H and O–H groups in total. The Kier molecular flexibility index (Phi) is 4.89. The molecule has 0 aliphatic heterocycles. The van der Waals surface area contributed by atoms with Gasteiger partial charge in [0.15, 0.2) is 0 Å². The molecule has 0 amide bonds. The monoisotopic (exact) mass is 242 g/mol. The van der Waals surface area contributed by atoms with E-state index in [9.17, 15) is 10.1 Å². The molecule has 0 unspecified atom stereocenters. The lowest BCUT2D eigenvalue weighted by Crippen LogP contribution is -2.21. The third kappa shape index (κ3) is 3.16. The van der Waals surface area contributed by atoms with Gasteiger partial charge in [0.2, 0.25) is 0 Å². The molecular weight excluding hydrogens is 224 g/mol. The van der Waals surface area contributed by atoms with Crippen molar-refractivity contribution in [3.05, 3.63) is 15.8 Å². The number of aryl methyl sites for hydroxylation is 2. The SMILES string of the molecule is CCNCCOc1c([N+](=O)[O-])c(C)nn1CC. The van der Waals surface area contributed by atoms with E-state index in [4.69, 9.17) is 4.74 Å². The van der Waals surface area contributed by atoms with Crippen LogP contribution in [0.15, 0.2) is 0 Å². The lowest BCUT2D eigenvalue weighted by molar-refractivity contribution is -0.386. The van der Waals surface area contributed by atoms with Crippen molar-refractivity contribution in [2.45, 2.75) is 27.3 Å². The predicted octanol–water partition coefficient (Wildman–Crippen LogP) is 1.11. The summed E-state index contributed by atoms with van der Waals surface area (Å²) < 4.78 is 6.95. The van der Waals surface area contributed by atoms with Crippen LogP contribution < -0.4 is 10.1 Å². The van der Waals surface area contributed by atoms with Gasteiger partial charge in [0.25, 0.3) is 5.88 Å². The summed E-state index contributed by atoms with van der Waals surface area (Å²) in [6.07, 6.45) is 0. The molecule has 0 bridgehead atoms. The zero-order valence-corrected chi connectivity index (χ0v) is 10.4. The number of aromatic nitrogens is 2. The van der Waals surface area contributed by atoms with E-state index in [0.717, 1.165) is 6.54 Å². The van der Waals surface area contributed by atoms with Gasteiger partial charge in [-0.3, -0.25) is 10.1 Å². The van der Waals surface area contributed by atoms with Gasteiger partial charge in [-0.05, 0) is 20.4 Å². The number of nitrogens with zero attached hydrogens (tertiary/aromatic N) is 3. The molecule has 0 radical (unpaired) electrons. The van der Waals surface area contributed by atoms with Crippen molar-refractivity contribution < 1.29 is 9.66 Å². The van der Waals surface area contributed by atoms with Gasteiger partial charge in [0.1, 0.15) is 12.3 Å². The zero-order chi connectivity index (χ0) is 12.8. The molecule has 0 saturated heterocycles. The summed E-state index contributed by atoms with van der Waals surface area (Å²) in [4.78, 5) is 10.5. The molecular formula is C10H18N4O3. The highest BCUT2D eigenvalue weighted by atomic mass is 16.6. The Morgan fingerprint density at radius 2 is 2.24 bits per heavy atom. The second-order valence-electron chi connectivity index (χ2n) is 3.51. The standard InChI is InChI=1S/C10H18N4O3/c1-4-11-6-7-17-10-9(14(15)16)8(3)12-13(10)5-2/h11H,4-7H2,1-3H3. The maximum atomic E-state index is 10.9. The summed E-state index contributed by atoms with van der Waals surface area (Å²) in [5, 5.41) is 18.1. The van der Waals surface area contributed by atoms with Gasteiger partial charge in [-0.25, -0.2) is 4.68 Å². The summed E-state index contributed by atoms with van der Waals surface area (Å²) in [6.45, 7) is 7.90. The van der Waals surface area contributed by atoms with Crippen molar-refractivity contribution in [3.63, 3.8) is 0 Å². The van der Waals surface area contributed by atoms with E-state index < -0.39 is 4.92 Å². The van der Waals surface area contributed by atoms with Crippen LogP contribution in [0.4, 0.5) is 5.69 Å². The number of nitro groups is 1. The second-order valence-corrected chi connectivity index (χ2v) is 3.51. The van der Waals surface area contributed by atoms with Crippen LogP contribution in [0.1, 0.15) is 19.5 Å². The Morgan fingerprint density at radius 1 is 1.53 bits per heavy atom. The van der Waals surface area contributed by atoms with Crippen molar-refractivity contribution in [3.8, 4) is 5.88 Å². The third-order valence-electron chi connectivity index (χ3n) is 2.30. The maximum Gasteiger partial charge on any atom is 0.353 e. The molecule has 0 fully saturated rings. The van der Waals surface area contributed by atoms with Crippen molar-refractivity contribution in [2.24, 2.45) is 0 Å². The first kappa shape index (κ1) is 13.4. The zero-order valence-electron chi connectivity index (χ0n) is 10.4. The van der Waals surface area contributed by atoms with Gasteiger partial charge < -0.3 is 10.1 Å². The Hall–Kier alpha value is -1.63. The Labute approximate surface area is 99.9 Å². The molecule has 1 aromatic heterocycles. The molecule has 0 aliphatic rings. The van der Waals surface area contributed by atoms with E-state index in [2.05, 4.69) is 10.4 Å². The van der Waals surface area contributed by atoms with Crippen LogP contribution in [-0.2, 0) is 6.54 Å². The quantitative estimate of drug-likeness (QED) is 0.440. The summed E-state index contributed by atoms with van der Waals surface area (Å²) in [7, 11) is 0. The molecule has 0 aromatic carbocycles. The number of nitrogens with one attached hydrogen (secondary N) is 1.